The molecule has 0 aliphatic carbocycles. The third kappa shape index (κ3) is 6.98. The van der Waals surface area contributed by atoms with Crippen LogP contribution in [0.2, 0.25) is 0 Å². The Morgan fingerprint density at radius 2 is 1.10 bits per heavy atom. The Labute approximate surface area is 124 Å². The highest BCUT2D eigenvalue weighted by atomic mass is 19.1. The Morgan fingerprint density at radius 3 is 1.57 bits per heavy atom. The van der Waals surface area contributed by atoms with Crippen molar-refractivity contribution in [1.29, 1.82) is 0 Å². The fourth-order valence-electron chi connectivity index (χ4n) is 1.98. The monoisotopic (exact) mass is 294 g/mol. The van der Waals surface area contributed by atoms with Crippen molar-refractivity contribution in [2.24, 2.45) is 0 Å². The van der Waals surface area contributed by atoms with E-state index in [1.165, 1.54) is 29.8 Å². The van der Waals surface area contributed by atoms with Crippen LogP contribution < -0.4 is 0 Å². The fourth-order valence-corrected chi connectivity index (χ4v) is 1.98. The second-order valence-corrected chi connectivity index (χ2v) is 4.90. The van der Waals surface area contributed by atoms with E-state index in [4.69, 9.17) is 0 Å². The minimum Gasteiger partial charge on any atom is -0.207 e. The molecular weight excluding hydrogens is 273 g/mol. The summed E-state index contributed by atoms with van der Waals surface area (Å²) in [6.07, 6.45) is 3.80. The summed E-state index contributed by atoms with van der Waals surface area (Å²) in [5.74, 6) is -1.14. The zero-order chi connectivity index (χ0) is 15.7. The smallest absolute Gasteiger partial charge is 0.126 e. The average molecular weight is 294 g/mol. The van der Waals surface area contributed by atoms with E-state index in [2.05, 4.69) is 6.92 Å². The fraction of sp³-hybridized carbons (Fsp3) is 0.333. The predicted molar refractivity (Wildman–Crippen MR) is 80.7 cm³/mol. The summed E-state index contributed by atoms with van der Waals surface area (Å²) >= 11 is 0. The molecule has 0 unspecified atom stereocenters. The van der Waals surface area contributed by atoms with Gasteiger partial charge in [-0.2, -0.15) is 0 Å². The van der Waals surface area contributed by atoms with Crippen molar-refractivity contribution in [3.8, 4) is 0 Å². The molecule has 0 bridgehead atoms. The van der Waals surface area contributed by atoms with Gasteiger partial charge in [0.05, 0.1) is 0 Å². The second-order valence-electron chi connectivity index (χ2n) is 4.90. The molecule has 2 rings (SSSR count). The first-order chi connectivity index (χ1) is 10.0. The van der Waals surface area contributed by atoms with Crippen molar-refractivity contribution in [3.05, 3.63) is 71.0 Å². The van der Waals surface area contributed by atoms with Gasteiger partial charge in [0.2, 0.25) is 0 Å². The van der Waals surface area contributed by atoms with Crippen LogP contribution in [0, 0.1) is 17.5 Å². The first-order valence-corrected chi connectivity index (χ1v) is 7.24. The molecule has 21 heavy (non-hydrogen) atoms. The van der Waals surface area contributed by atoms with Gasteiger partial charge in [-0.25, -0.2) is 13.2 Å². The molecule has 0 atom stereocenters. The minimum atomic E-state index is -0.492. The van der Waals surface area contributed by atoms with Crippen molar-refractivity contribution >= 4 is 0 Å². The van der Waals surface area contributed by atoms with Gasteiger partial charge in [-0.1, -0.05) is 38.8 Å². The first kappa shape index (κ1) is 17.3. The maximum absolute atomic E-state index is 12.5. The van der Waals surface area contributed by atoms with E-state index in [-0.39, 0.29) is 5.82 Å². The van der Waals surface area contributed by atoms with Crippen molar-refractivity contribution in [3.63, 3.8) is 0 Å². The molecule has 0 N–H and O–H groups in total. The van der Waals surface area contributed by atoms with Crippen LogP contribution in [0.5, 0.6) is 0 Å². The number of halogens is 3. The van der Waals surface area contributed by atoms with Crippen LogP contribution in [0.1, 0.15) is 37.8 Å². The molecule has 0 saturated carbocycles. The molecule has 0 aliphatic heterocycles. The Balaban J connectivity index is 0.000000211. The highest BCUT2D eigenvalue weighted by Crippen LogP contribution is 2.09. The number of hydrogen-bond acceptors (Lipinski definition) is 0. The maximum Gasteiger partial charge on any atom is 0.126 e. The van der Waals surface area contributed by atoms with Gasteiger partial charge < -0.3 is 0 Å². The molecule has 3 heteroatoms. The molecule has 2 aromatic rings. The Morgan fingerprint density at radius 1 is 0.619 bits per heavy atom. The number of benzene rings is 2. The van der Waals surface area contributed by atoms with Gasteiger partial charge in [-0.3, -0.25) is 0 Å². The molecule has 2 aromatic carbocycles. The summed E-state index contributed by atoms with van der Waals surface area (Å²) in [5.41, 5.74) is 1.94. The van der Waals surface area contributed by atoms with Crippen molar-refractivity contribution in [2.75, 3.05) is 0 Å². The zero-order valence-electron chi connectivity index (χ0n) is 12.5. The van der Waals surface area contributed by atoms with Gasteiger partial charge in [0.1, 0.15) is 17.5 Å². The Hall–Kier alpha value is -1.77. The van der Waals surface area contributed by atoms with Gasteiger partial charge in [0, 0.05) is 6.07 Å². The molecule has 0 heterocycles. The van der Waals surface area contributed by atoms with Crippen LogP contribution in [-0.4, -0.2) is 0 Å². The van der Waals surface area contributed by atoms with Gasteiger partial charge in [-0.05, 0) is 48.2 Å². The highest BCUT2D eigenvalue weighted by Gasteiger charge is 1.98. The molecule has 0 nitrogen and oxygen atoms in total. The lowest BCUT2D eigenvalue weighted by molar-refractivity contribution is 0.579. The third-order valence-electron chi connectivity index (χ3n) is 2.91. The summed E-state index contributed by atoms with van der Waals surface area (Å²) in [5, 5.41) is 0. The van der Waals surface area contributed by atoms with E-state index < -0.39 is 11.6 Å². The number of hydrogen-bond donors (Lipinski definition) is 0. The molecule has 0 amide bonds. The van der Waals surface area contributed by atoms with Crippen LogP contribution in [0.3, 0.4) is 0 Å². The lowest BCUT2D eigenvalue weighted by Gasteiger charge is -1.98. The second kappa shape index (κ2) is 9.22. The quantitative estimate of drug-likeness (QED) is 0.679. The van der Waals surface area contributed by atoms with E-state index in [9.17, 15) is 13.2 Å². The lowest BCUT2D eigenvalue weighted by Crippen LogP contribution is -1.87. The third-order valence-corrected chi connectivity index (χ3v) is 2.91. The van der Waals surface area contributed by atoms with E-state index in [0.717, 1.165) is 37.3 Å². The van der Waals surface area contributed by atoms with Crippen molar-refractivity contribution in [1.82, 2.24) is 0 Å². The summed E-state index contributed by atoms with van der Waals surface area (Å²) in [6.45, 7) is 4.09. The zero-order valence-corrected chi connectivity index (χ0v) is 12.5. The van der Waals surface area contributed by atoms with E-state index in [1.54, 1.807) is 0 Å². The van der Waals surface area contributed by atoms with Gasteiger partial charge in [0.25, 0.3) is 0 Å². The molecule has 0 radical (unpaired) electrons. The lowest BCUT2D eigenvalue weighted by atomic mass is 10.1. The van der Waals surface area contributed by atoms with Crippen LogP contribution in [0.15, 0.2) is 42.5 Å². The van der Waals surface area contributed by atoms with Gasteiger partial charge in [-0.15, -0.1) is 0 Å². The minimum absolute atomic E-state index is 0.153. The first-order valence-electron chi connectivity index (χ1n) is 7.24. The summed E-state index contributed by atoms with van der Waals surface area (Å²) in [6, 6.07) is 10.3. The topological polar surface area (TPSA) is 0 Å². The molecule has 0 aliphatic rings. The van der Waals surface area contributed by atoms with Gasteiger partial charge in [0.15, 0.2) is 0 Å². The molecular formula is C18H21F3. The number of rotatable bonds is 4. The van der Waals surface area contributed by atoms with Crippen molar-refractivity contribution < 1.29 is 13.2 Å². The molecule has 114 valence electrons. The van der Waals surface area contributed by atoms with E-state index in [0.29, 0.717) is 0 Å². The molecule has 0 fully saturated rings. The average Bonchev–Trinajstić information content (AvgIpc) is 2.42. The standard InChI is InChI=1S/C9H10F2.C9H11F/c1-2-3-7-4-8(10)6-9(11)5-7;1-2-3-8-4-6-9(10)7-5-8/h4-6H,2-3H2,1H3;4-7H,2-3H2,1H3. The SMILES string of the molecule is CCCc1cc(F)cc(F)c1.CCCc1ccc(F)cc1. The predicted octanol–water partition coefficient (Wildman–Crippen LogP) is 5.70. The Kier molecular flexibility index (Phi) is 7.59. The normalized spacial score (nSPS) is 9.95. The van der Waals surface area contributed by atoms with Crippen LogP contribution in [0.25, 0.3) is 0 Å². The Bertz CT molecular complexity index is 512. The maximum atomic E-state index is 12.5. The summed E-state index contributed by atoms with van der Waals surface area (Å²) in [7, 11) is 0. The summed E-state index contributed by atoms with van der Waals surface area (Å²) in [4.78, 5) is 0. The van der Waals surface area contributed by atoms with Crippen LogP contribution >= 0.6 is 0 Å². The number of aryl methyl sites for hydroxylation is 2. The van der Waals surface area contributed by atoms with Crippen molar-refractivity contribution in [2.45, 2.75) is 39.5 Å². The summed E-state index contributed by atoms with van der Waals surface area (Å²) < 4.78 is 37.3. The van der Waals surface area contributed by atoms with E-state index in [1.807, 2.05) is 19.1 Å². The molecule has 0 spiro atoms. The highest BCUT2D eigenvalue weighted by molar-refractivity contribution is 5.17. The largest absolute Gasteiger partial charge is 0.207 e. The van der Waals surface area contributed by atoms with Crippen LogP contribution in [0.4, 0.5) is 13.2 Å². The molecule has 0 saturated heterocycles. The molecule has 0 aromatic heterocycles. The van der Waals surface area contributed by atoms with Crippen LogP contribution in [-0.2, 0) is 12.8 Å². The van der Waals surface area contributed by atoms with Gasteiger partial charge >= 0.3 is 0 Å². The van der Waals surface area contributed by atoms with E-state index >= 15 is 0 Å².